The summed E-state index contributed by atoms with van der Waals surface area (Å²) < 4.78 is 5.35. The topological polar surface area (TPSA) is 64.9 Å². The molecule has 1 aliphatic rings. The van der Waals surface area contributed by atoms with Crippen molar-refractivity contribution in [2.75, 3.05) is 6.54 Å². The van der Waals surface area contributed by atoms with Crippen molar-refractivity contribution in [2.24, 2.45) is 5.73 Å². The minimum absolute atomic E-state index is 0.0331. The fraction of sp³-hybridized carbons (Fsp3) is 0.429. The van der Waals surface area contributed by atoms with Crippen LogP contribution in [0.5, 0.6) is 0 Å². The maximum Gasteiger partial charge on any atom is 0.234 e. The van der Waals surface area contributed by atoms with Crippen LogP contribution in [0.4, 0.5) is 0 Å². The van der Waals surface area contributed by atoms with Gasteiger partial charge >= 0.3 is 0 Å². The van der Waals surface area contributed by atoms with Crippen LogP contribution in [0, 0.1) is 0 Å². The first-order valence-electron chi connectivity index (χ1n) is 6.41. The van der Waals surface area contributed by atoms with Crippen LogP contribution < -0.4 is 5.73 Å². The van der Waals surface area contributed by atoms with Crippen LogP contribution in [0.3, 0.4) is 0 Å². The highest BCUT2D eigenvalue weighted by Crippen LogP contribution is 2.46. The first-order valence-corrected chi connectivity index (χ1v) is 6.41. The van der Waals surface area contributed by atoms with Crippen molar-refractivity contribution >= 4 is 0 Å². The Morgan fingerprint density at radius 1 is 1.28 bits per heavy atom. The van der Waals surface area contributed by atoms with E-state index in [1.807, 2.05) is 12.1 Å². The summed E-state index contributed by atoms with van der Waals surface area (Å²) in [5, 5.41) is 4.05. The van der Waals surface area contributed by atoms with Crippen molar-refractivity contribution < 1.29 is 4.52 Å². The van der Waals surface area contributed by atoms with Gasteiger partial charge in [0.2, 0.25) is 11.7 Å². The number of rotatable bonds is 4. The van der Waals surface area contributed by atoms with Gasteiger partial charge in [0.1, 0.15) is 0 Å². The second kappa shape index (κ2) is 4.21. The van der Waals surface area contributed by atoms with E-state index >= 15 is 0 Å². The van der Waals surface area contributed by atoms with Gasteiger partial charge < -0.3 is 10.3 Å². The predicted molar refractivity (Wildman–Crippen MR) is 69.1 cm³/mol. The molecule has 0 spiro atoms. The lowest BCUT2D eigenvalue weighted by Crippen LogP contribution is -2.19. The van der Waals surface area contributed by atoms with E-state index in [9.17, 15) is 0 Å². The molecule has 0 atom stereocenters. The SMILES string of the molecule is CCc1ccc(-c2noc(C3(CN)CC3)n2)cc1. The molecule has 1 saturated carbocycles. The zero-order valence-corrected chi connectivity index (χ0v) is 10.5. The van der Waals surface area contributed by atoms with Gasteiger partial charge in [0.05, 0.1) is 5.41 Å². The van der Waals surface area contributed by atoms with Crippen molar-refractivity contribution in [3.8, 4) is 11.4 Å². The third-order valence-electron chi connectivity index (χ3n) is 3.74. The monoisotopic (exact) mass is 243 g/mol. The molecule has 3 rings (SSSR count). The van der Waals surface area contributed by atoms with Gasteiger partial charge in [0.25, 0.3) is 0 Å². The van der Waals surface area contributed by atoms with Gasteiger partial charge in [0, 0.05) is 12.1 Å². The standard InChI is InChI=1S/C14H17N3O/c1-2-10-3-5-11(6-4-10)12-16-13(18-17-12)14(9-15)7-8-14/h3-6H,2,7-9,15H2,1H3. The van der Waals surface area contributed by atoms with E-state index in [4.69, 9.17) is 10.3 Å². The number of hydrogen-bond donors (Lipinski definition) is 1. The molecule has 0 bridgehead atoms. The third kappa shape index (κ3) is 1.82. The molecule has 0 radical (unpaired) electrons. The Morgan fingerprint density at radius 3 is 2.56 bits per heavy atom. The maximum atomic E-state index is 5.76. The number of nitrogens with two attached hydrogens (primary N) is 1. The minimum atomic E-state index is -0.0331. The van der Waals surface area contributed by atoms with Crippen LogP contribution >= 0.6 is 0 Å². The zero-order chi connectivity index (χ0) is 12.6. The molecule has 1 aliphatic carbocycles. The largest absolute Gasteiger partial charge is 0.338 e. The Kier molecular flexibility index (Phi) is 2.67. The van der Waals surface area contributed by atoms with Crippen LogP contribution in [0.15, 0.2) is 28.8 Å². The summed E-state index contributed by atoms with van der Waals surface area (Å²) in [7, 11) is 0. The normalized spacial score (nSPS) is 16.8. The first kappa shape index (κ1) is 11.4. The molecule has 0 aliphatic heterocycles. The highest BCUT2D eigenvalue weighted by atomic mass is 16.5. The smallest absolute Gasteiger partial charge is 0.234 e. The van der Waals surface area contributed by atoms with Crippen molar-refractivity contribution in [2.45, 2.75) is 31.6 Å². The molecule has 1 fully saturated rings. The van der Waals surface area contributed by atoms with Gasteiger partial charge in [-0.1, -0.05) is 36.3 Å². The van der Waals surface area contributed by atoms with Crippen LogP contribution in [0.1, 0.15) is 31.2 Å². The van der Waals surface area contributed by atoms with Crippen molar-refractivity contribution in [3.05, 3.63) is 35.7 Å². The lowest BCUT2D eigenvalue weighted by atomic mass is 10.1. The Labute approximate surface area is 106 Å². The van der Waals surface area contributed by atoms with Gasteiger partial charge in [-0.3, -0.25) is 0 Å². The summed E-state index contributed by atoms with van der Waals surface area (Å²) in [5.74, 6) is 1.35. The summed E-state index contributed by atoms with van der Waals surface area (Å²) in [6.45, 7) is 2.73. The van der Waals surface area contributed by atoms with Crippen LogP contribution in [0.2, 0.25) is 0 Å². The highest BCUT2D eigenvalue weighted by molar-refractivity contribution is 5.54. The Balaban J connectivity index is 1.88. The molecule has 94 valence electrons. The molecule has 1 aromatic heterocycles. The van der Waals surface area contributed by atoms with Gasteiger partial charge in [-0.25, -0.2) is 0 Å². The quantitative estimate of drug-likeness (QED) is 0.894. The fourth-order valence-corrected chi connectivity index (χ4v) is 2.10. The number of aryl methyl sites for hydroxylation is 1. The molecule has 2 N–H and O–H groups in total. The van der Waals surface area contributed by atoms with E-state index in [-0.39, 0.29) is 5.41 Å². The van der Waals surface area contributed by atoms with Crippen molar-refractivity contribution in [1.82, 2.24) is 10.1 Å². The summed E-state index contributed by atoms with van der Waals surface area (Å²) >= 11 is 0. The Hall–Kier alpha value is -1.68. The van der Waals surface area contributed by atoms with Gasteiger partial charge in [-0.15, -0.1) is 0 Å². The minimum Gasteiger partial charge on any atom is -0.338 e. The lowest BCUT2D eigenvalue weighted by Gasteiger charge is -2.03. The third-order valence-corrected chi connectivity index (χ3v) is 3.74. The van der Waals surface area contributed by atoms with E-state index in [1.165, 1.54) is 5.56 Å². The van der Waals surface area contributed by atoms with E-state index in [1.54, 1.807) is 0 Å². The van der Waals surface area contributed by atoms with Crippen molar-refractivity contribution in [1.29, 1.82) is 0 Å². The highest BCUT2D eigenvalue weighted by Gasteiger charge is 2.48. The second-order valence-electron chi connectivity index (χ2n) is 4.96. The molecular weight excluding hydrogens is 226 g/mol. The van der Waals surface area contributed by atoms with Crippen molar-refractivity contribution in [3.63, 3.8) is 0 Å². The van der Waals surface area contributed by atoms with Gasteiger partial charge in [0.15, 0.2) is 0 Å². The van der Waals surface area contributed by atoms with Crippen LogP contribution in [-0.2, 0) is 11.8 Å². The molecule has 0 unspecified atom stereocenters. The molecule has 2 aromatic rings. The lowest BCUT2D eigenvalue weighted by molar-refractivity contribution is 0.347. The number of benzene rings is 1. The summed E-state index contributed by atoms with van der Waals surface area (Å²) in [5.41, 5.74) is 8.03. The Bertz CT molecular complexity index is 540. The van der Waals surface area contributed by atoms with Crippen LogP contribution in [0.25, 0.3) is 11.4 Å². The summed E-state index contributed by atoms with van der Waals surface area (Å²) in [6.07, 6.45) is 3.15. The van der Waals surface area contributed by atoms with E-state index < -0.39 is 0 Å². The average Bonchev–Trinajstić information content (AvgIpc) is 3.08. The molecule has 0 saturated heterocycles. The molecule has 0 amide bonds. The average molecular weight is 243 g/mol. The van der Waals surface area contributed by atoms with Gasteiger partial charge in [-0.2, -0.15) is 4.98 Å². The predicted octanol–water partition coefficient (Wildman–Crippen LogP) is 2.29. The molecule has 1 aromatic carbocycles. The molecule has 1 heterocycles. The number of aromatic nitrogens is 2. The van der Waals surface area contributed by atoms with E-state index in [0.29, 0.717) is 18.3 Å². The fourth-order valence-electron chi connectivity index (χ4n) is 2.10. The van der Waals surface area contributed by atoms with E-state index in [0.717, 1.165) is 24.8 Å². The molecule has 4 heteroatoms. The Morgan fingerprint density at radius 2 is 2.00 bits per heavy atom. The summed E-state index contributed by atoms with van der Waals surface area (Å²) in [6, 6.07) is 8.27. The molecule has 4 nitrogen and oxygen atoms in total. The zero-order valence-electron chi connectivity index (χ0n) is 10.5. The van der Waals surface area contributed by atoms with E-state index in [2.05, 4.69) is 29.2 Å². The first-order chi connectivity index (χ1) is 8.77. The summed E-state index contributed by atoms with van der Waals surface area (Å²) in [4.78, 5) is 4.48. The van der Waals surface area contributed by atoms with Crippen LogP contribution in [-0.4, -0.2) is 16.7 Å². The molecule has 18 heavy (non-hydrogen) atoms. The molecular formula is C14H17N3O. The maximum absolute atomic E-state index is 5.76. The number of nitrogens with zero attached hydrogens (tertiary/aromatic N) is 2. The second-order valence-corrected chi connectivity index (χ2v) is 4.96. The number of hydrogen-bond acceptors (Lipinski definition) is 4. The van der Waals surface area contributed by atoms with Gasteiger partial charge in [-0.05, 0) is 24.8 Å².